The lowest BCUT2D eigenvalue weighted by molar-refractivity contribution is -1.04. The Labute approximate surface area is 191 Å². The molecule has 1 aromatic rings. The highest BCUT2D eigenvalue weighted by Crippen LogP contribution is 2.27. The van der Waals surface area contributed by atoms with E-state index in [0.717, 1.165) is 26.2 Å². The third-order valence-corrected chi connectivity index (χ3v) is 8.26. The molecule has 0 bridgehead atoms. The van der Waals surface area contributed by atoms with Crippen LogP contribution in [0.1, 0.15) is 19.8 Å². The molecule has 2 aliphatic rings. The Hall–Kier alpha value is -1.96. The van der Waals surface area contributed by atoms with Crippen LogP contribution in [0.5, 0.6) is 5.75 Å². The molecule has 1 N–H and O–H groups in total. The first-order chi connectivity index (χ1) is 15.2. The highest BCUT2D eigenvalue weighted by molar-refractivity contribution is 7.91. The molecule has 2 saturated heterocycles. The number of sulfone groups is 1. The lowest BCUT2D eigenvalue weighted by Gasteiger charge is -2.37. The summed E-state index contributed by atoms with van der Waals surface area (Å²) >= 11 is 0. The first kappa shape index (κ1) is 24.7. The zero-order valence-corrected chi connectivity index (χ0v) is 19.8. The van der Waals surface area contributed by atoms with Crippen LogP contribution in [0.2, 0.25) is 0 Å². The van der Waals surface area contributed by atoms with Crippen molar-refractivity contribution in [2.24, 2.45) is 5.92 Å². The summed E-state index contributed by atoms with van der Waals surface area (Å²) in [7, 11) is -1.40. The Balaban J connectivity index is 1.50. The fourth-order valence-electron chi connectivity index (χ4n) is 4.13. The Kier molecular flexibility index (Phi) is 8.31. The van der Waals surface area contributed by atoms with Gasteiger partial charge in [-0.25, -0.2) is 18.4 Å². The normalized spacial score (nSPS) is 25.0. The maximum atomic E-state index is 12.8. The standard InChI is InChI=1S/C23H34N3O5S/c1-3-4-17-31-21-5-7-22(8-6-21)32(29,30)19-20-9-15-26(28,16-10-20)23(27)18-25-13-11-24(2)12-14-25/h5-8,20,28H,9-19H2,1-2H3/q+1. The van der Waals surface area contributed by atoms with Gasteiger partial charge in [0, 0.05) is 39.0 Å². The number of nitrogens with zero attached hydrogens (tertiary/aromatic N) is 3. The summed E-state index contributed by atoms with van der Waals surface area (Å²) in [5.41, 5.74) is 0. The van der Waals surface area contributed by atoms with E-state index < -0.39 is 14.5 Å². The molecule has 1 aromatic carbocycles. The summed E-state index contributed by atoms with van der Waals surface area (Å²) in [6.07, 6.45) is 1.00. The number of hydroxylamine groups is 3. The van der Waals surface area contributed by atoms with Gasteiger partial charge in [-0.1, -0.05) is 5.92 Å². The largest absolute Gasteiger partial charge is 0.481 e. The van der Waals surface area contributed by atoms with Gasteiger partial charge in [0.25, 0.3) is 0 Å². The zero-order chi connectivity index (χ0) is 23.2. The van der Waals surface area contributed by atoms with Crippen molar-refractivity contribution in [3.63, 3.8) is 0 Å². The van der Waals surface area contributed by atoms with Crippen LogP contribution in [0.3, 0.4) is 0 Å². The second-order valence-electron chi connectivity index (χ2n) is 8.75. The molecule has 2 fully saturated rings. The van der Waals surface area contributed by atoms with Crippen LogP contribution >= 0.6 is 0 Å². The van der Waals surface area contributed by atoms with Gasteiger partial charge >= 0.3 is 5.91 Å². The van der Waals surface area contributed by atoms with Crippen LogP contribution in [0, 0.1) is 17.8 Å². The summed E-state index contributed by atoms with van der Waals surface area (Å²) in [6.45, 7) is 6.23. The van der Waals surface area contributed by atoms with Crippen LogP contribution in [-0.4, -0.2) is 99.2 Å². The molecule has 176 valence electrons. The fraction of sp³-hybridized carbons (Fsp3) is 0.609. The number of piperazine rings is 1. The first-order valence-corrected chi connectivity index (χ1v) is 12.8. The molecule has 1 amide bonds. The smallest absolute Gasteiger partial charge is 0.359 e. The highest BCUT2D eigenvalue weighted by atomic mass is 32.2. The van der Waals surface area contributed by atoms with Gasteiger partial charge in [-0.15, -0.1) is 10.6 Å². The van der Waals surface area contributed by atoms with Crippen LogP contribution in [0.15, 0.2) is 29.2 Å². The van der Waals surface area contributed by atoms with Gasteiger partial charge in [-0.05, 0) is 44.2 Å². The van der Waals surface area contributed by atoms with E-state index in [1.165, 1.54) is 0 Å². The number of carbonyl (C=O) groups excluding carboxylic acids is 1. The number of benzene rings is 1. The predicted octanol–water partition coefficient (Wildman–Crippen LogP) is 1.25. The molecule has 0 radical (unpaired) electrons. The summed E-state index contributed by atoms with van der Waals surface area (Å²) < 4.78 is 30.5. The molecule has 0 atom stereocenters. The average molecular weight is 465 g/mol. The molecule has 2 heterocycles. The van der Waals surface area contributed by atoms with E-state index in [9.17, 15) is 18.4 Å². The van der Waals surface area contributed by atoms with E-state index in [0.29, 0.717) is 18.6 Å². The average Bonchev–Trinajstić information content (AvgIpc) is 2.77. The third-order valence-electron chi connectivity index (χ3n) is 6.36. The highest BCUT2D eigenvalue weighted by Gasteiger charge is 2.42. The number of ether oxygens (including phenoxy) is 1. The Morgan fingerprint density at radius 1 is 1.16 bits per heavy atom. The lowest BCUT2D eigenvalue weighted by Crippen LogP contribution is -2.59. The summed E-state index contributed by atoms with van der Waals surface area (Å²) in [5.74, 6) is 5.85. The molecule has 8 nitrogen and oxygen atoms in total. The van der Waals surface area contributed by atoms with E-state index in [1.54, 1.807) is 31.2 Å². The number of hydrogen-bond acceptors (Lipinski definition) is 7. The van der Waals surface area contributed by atoms with Crippen molar-refractivity contribution in [2.45, 2.75) is 24.7 Å². The number of quaternary nitrogens is 1. The summed E-state index contributed by atoms with van der Waals surface area (Å²) in [6, 6.07) is 6.38. The minimum absolute atomic E-state index is 0.0150. The predicted molar refractivity (Wildman–Crippen MR) is 121 cm³/mol. The van der Waals surface area contributed by atoms with Gasteiger partial charge in [0.1, 0.15) is 32.0 Å². The van der Waals surface area contributed by atoms with Crippen molar-refractivity contribution in [3.05, 3.63) is 24.3 Å². The summed E-state index contributed by atoms with van der Waals surface area (Å²) in [4.78, 5) is 17.3. The van der Waals surface area contributed by atoms with Crippen molar-refractivity contribution in [1.82, 2.24) is 9.80 Å². The third kappa shape index (κ3) is 6.53. The molecule has 2 aliphatic heterocycles. The van der Waals surface area contributed by atoms with E-state index in [2.05, 4.69) is 28.7 Å². The number of hydrogen-bond donors (Lipinski definition) is 1. The molecule has 0 aromatic heterocycles. The number of likely N-dealkylation sites (N-methyl/N-ethyl adjacent to an activating group) is 1. The van der Waals surface area contributed by atoms with Gasteiger partial charge in [0.05, 0.1) is 10.6 Å². The van der Waals surface area contributed by atoms with Crippen LogP contribution in [-0.2, 0) is 14.6 Å². The molecule has 0 spiro atoms. The Morgan fingerprint density at radius 3 is 2.38 bits per heavy atom. The Morgan fingerprint density at radius 2 is 1.78 bits per heavy atom. The van der Waals surface area contributed by atoms with Crippen molar-refractivity contribution in [2.75, 3.05) is 65.2 Å². The second-order valence-corrected chi connectivity index (χ2v) is 10.8. The number of amides is 1. The number of likely N-dealkylation sites (tertiary alicyclic amines) is 1. The monoisotopic (exact) mass is 464 g/mol. The van der Waals surface area contributed by atoms with Crippen LogP contribution in [0.4, 0.5) is 0 Å². The van der Waals surface area contributed by atoms with Crippen molar-refractivity contribution < 1.29 is 27.8 Å². The van der Waals surface area contributed by atoms with Crippen molar-refractivity contribution >= 4 is 15.7 Å². The molecule has 32 heavy (non-hydrogen) atoms. The molecule has 0 saturated carbocycles. The zero-order valence-electron chi connectivity index (χ0n) is 19.0. The number of rotatable bonds is 7. The van der Waals surface area contributed by atoms with Crippen LogP contribution < -0.4 is 4.74 Å². The van der Waals surface area contributed by atoms with E-state index in [-0.39, 0.29) is 48.7 Å². The molecular formula is C23H34N3O5S+. The fourth-order valence-corrected chi connectivity index (χ4v) is 5.83. The van der Waals surface area contributed by atoms with Crippen molar-refractivity contribution in [1.29, 1.82) is 0 Å². The number of carbonyl (C=O) groups is 1. The SMILES string of the molecule is CC#CCOc1ccc(S(=O)(=O)CC2CC[N+](O)(C(=O)CN3CCN(C)CC3)CC2)cc1. The molecule has 9 heteroatoms. The van der Waals surface area contributed by atoms with Gasteiger partial charge in [0.15, 0.2) is 9.84 Å². The maximum absolute atomic E-state index is 12.8. The quantitative estimate of drug-likeness (QED) is 0.369. The second kappa shape index (κ2) is 10.8. The van der Waals surface area contributed by atoms with E-state index in [1.807, 2.05) is 0 Å². The van der Waals surface area contributed by atoms with Gasteiger partial charge < -0.3 is 9.64 Å². The Bertz CT molecular complexity index is 936. The van der Waals surface area contributed by atoms with Gasteiger partial charge in [-0.3, -0.25) is 4.90 Å². The van der Waals surface area contributed by atoms with Crippen molar-refractivity contribution in [3.8, 4) is 17.6 Å². The van der Waals surface area contributed by atoms with Gasteiger partial charge in [-0.2, -0.15) is 0 Å². The molecule has 0 aliphatic carbocycles. The first-order valence-electron chi connectivity index (χ1n) is 11.1. The molecule has 3 rings (SSSR count). The van der Waals surface area contributed by atoms with Crippen LogP contribution in [0.25, 0.3) is 0 Å². The maximum Gasteiger partial charge on any atom is 0.359 e. The molecule has 0 unspecified atom stereocenters. The summed E-state index contributed by atoms with van der Waals surface area (Å²) in [5, 5.41) is 10.9. The number of piperidine rings is 1. The van der Waals surface area contributed by atoms with E-state index in [4.69, 9.17) is 4.74 Å². The topological polar surface area (TPSA) is 87.2 Å². The lowest BCUT2D eigenvalue weighted by atomic mass is 9.98. The minimum atomic E-state index is -3.46. The van der Waals surface area contributed by atoms with Gasteiger partial charge in [0.2, 0.25) is 0 Å². The molecular weight excluding hydrogens is 430 g/mol. The minimum Gasteiger partial charge on any atom is -0.481 e. The van der Waals surface area contributed by atoms with E-state index >= 15 is 0 Å².